The Hall–Kier alpha value is -1.10. The van der Waals surface area contributed by atoms with Crippen molar-refractivity contribution in [3.63, 3.8) is 0 Å². The molecule has 5 heteroatoms. The minimum Gasteiger partial charge on any atom is -0.481 e. The van der Waals surface area contributed by atoms with Gasteiger partial charge in [-0.3, -0.25) is 9.59 Å². The molecule has 0 aromatic rings. The van der Waals surface area contributed by atoms with Crippen molar-refractivity contribution in [2.24, 2.45) is 17.1 Å². The van der Waals surface area contributed by atoms with Gasteiger partial charge in [0.25, 0.3) is 0 Å². The van der Waals surface area contributed by atoms with E-state index in [2.05, 4.69) is 26.1 Å². The molecule has 0 heterocycles. The second-order valence-corrected chi connectivity index (χ2v) is 7.49. The van der Waals surface area contributed by atoms with Gasteiger partial charge in [0.2, 0.25) is 5.91 Å². The summed E-state index contributed by atoms with van der Waals surface area (Å²) in [5.74, 6) is -1.39. The fourth-order valence-corrected chi connectivity index (χ4v) is 3.14. The lowest BCUT2D eigenvalue weighted by molar-refractivity contribution is -0.143. The Morgan fingerprint density at radius 3 is 2.43 bits per heavy atom. The van der Waals surface area contributed by atoms with E-state index in [1.54, 1.807) is 0 Å². The normalized spacial score (nSPS) is 25.0. The molecule has 122 valence electrons. The van der Waals surface area contributed by atoms with Gasteiger partial charge in [-0.05, 0) is 24.7 Å². The molecule has 0 spiro atoms. The zero-order chi connectivity index (χ0) is 16.0. The van der Waals surface area contributed by atoms with Crippen LogP contribution in [0.1, 0.15) is 65.7 Å². The molecular weight excluding hydrogens is 268 g/mol. The quantitative estimate of drug-likeness (QED) is 0.679. The fraction of sp³-hybridized carbons (Fsp3) is 0.875. The van der Waals surface area contributed by atoms with Crippen molar-refractivity contribution in [1.82, 2.24) is 5.32 Å². The topological polar surface area (TPSA) is 92.4 Å². The molecular formula is C16H30N2O3. The van der Waals surface area contributed by atoms with Crippen LogP contribution in [0.4, 0.5) is 0 Å². The summed E-state index contributed by atoms with van der Waals surface area (Å²) in [5.41, 5.74) is 6.10. The molecule has 0 saturated heterocycles. The van der Waals surface area contributed by atoms with E-state index in [1.165, 1.54) is 0 Å². The highest BCUT2D eigenvalue weighted by atomic mass is 16.4. The van der Waals surface area contributed by atoms with E-state index in [-0.39, 0.29) is 29.8 Å². The Bertz CT molecular complexity index is 363. The molecule has 1 aliphatic rings. The molecule has 0 bridgehead atoms. The highest BCUT2D eigenvalue weighted by Crippen LogP contribution is 2.24. The van der Waals surface area contributed by atoms with Gasteiger partial charge in [-0.2, -0.15) is 0 Å². The number of rotatable bonds is 5. The summed E-state index contributed by atoms with van der Waals surface area (Å²) in [7, 11) is 0. The number of aliphatic carboxylic acids is 1. The van der Waals surface area contributed by atoms with Crippen LogP contribution >= 0.6 is 0 Å². The molecule has 3 unspecified atom stereocenters. The fourth-order valence-electron chi connectivity index (χ4n) is 3.14. The molecule has 0 aliphatic heterocycles. The van der Waals surface area contributed by atoms with Gasteiger partial charge in [-0.25, -0.2) is 0 Å². The van der Waals surface area contributed by atoms with Crippen LogP contribution in [0.5, 0.6) is 0 Å². The van der Waals surface area contributed by atoms with Crippen LogP contribution in [0.15, 0.2) is 0 Å². The summed E-state index contributed by atoms with van der Waals surface area (Å²) in [5, 5.41) is 12.2. The van der Waals surface area contributed by atoms with E-state index in [0.717, 1.165) is 32.1 Å². The Morgan fingerprint density at radius 2 is 1.86 bits per heavy atom. The first-order chi connectivity index (χ1) is 9.69. The average Bonchev–Trinajstić information content (AvgIpc) is 2.51. The van der Waals surface area contributed by atoms with Gasteiger partial charge in [0, 0.05) is 18.5 Å². The zero-order valence-corrected chi connectivity index (χ0v) is 13.5. The molecule has 21 heavy (non-hydrogen) atoms. The summed E-state index contributed by atoms with van der Waals surface area (Å²) in [6, 6.07) is -0.432. The molecule has 1 amide bonds. The third kappa shape index (κ3) is 6.93. The van der Waals surface area contributed by atoms with Crippen molar-refractivity contribution in [1.29, 1.82) is 0 Å². The van der Waals surface area contributed by atoms with Crippen molar-refractivity contribution in [3.8, 4) is 0 Å². The van der Waals surface area contributed by atoms with E-state index >= 15 is 0 Å². The zero-order valence-electron chi connectivity index (χ0n) is 13.5. The third-order valence-corrected chi connectivity index (χ3v) is 4.00. The average molecular weight is 298 g/mol. The van der Waals surface area contributed by atoms with Gasteiger partial charge < -0.3 is 16.2 Å². The second-order valence-electron chi connectivity index (χ2n) is 7.49. The lowest BCUT2D eigenvalue weighted by Crippen LogP contribution is -2.44. The van der Waals surface area contributed by atoms with E-state index < -0.39 is 11.9 Å². The molecule has 0 aromatic carbocycles. The van der Waals surface area contributed by atoms with Crippen LogP contribution in [-0.4, -0.2) is 29.1 Å². The van der Waals surface area contributed by atoms with Crippen LogP contribution in [0.3, 0.4) is 0 Å². The summed E-state index contributed by atoms with van der Waals surface area (Å²) >= 11 is 0. The number of carboxylic acids is 1. The first-order valence-corrected chi connectivity index (χ1v) is 7.97. The van der Waals surface area contributed by atoms with Crippen molar-refractivity contribution in [2.75, 3.05) is 0 Å². The highest BCUT2D eigenvalue weighted by Gasteiger charge is 2.31. The van der Waals surface area contributed by atoms with Gasteiger partial charge in [0.15, 0.2) is 0 Å². The van der Waals surface area contributed by atoms with E-state index in [1.807, 2.05) is 0 Å². The van der Waals surface area contributed by atoms with Gasteiger partial charge >= 0.3 is 5.97 Å². The lowest BCUT2D eigenvalue weighted by atomic mass is 9.87. The van der Waals surface area contributed by atoms with Crippen molar-refractivity contribution in [3.05, 3.63) is 0 Å². The standard InChI is InChI=1S/C16H30N2O3/c1-16(2,3)10-11(17)9-14(19)18-13-8-6-4-5-7-12(13)15(20)21/h11-13H,4-10,17H2,1-3H3,(H,18,19)(H,20,21). The maximum absolute atomic E-state index is 12.1. The third-order valence-electron chi connectivity index (χ3n) is 4.00. The summed E-state index contributed by atoms with van der Waals surface area (Å²) in [4.78, 5) is 23.4. The number of carbonyl (C=O) groups excluding carboxylic acids is 1. The molecule has 1 fully saturated rings. The summed E-state index contributed by atoms with van der Waals surface area (Å²) in [6.45, 7) is 6.28. The molecule has 5 nitrogen and oxygen atoms in total. The van der Waals surface area contributed by atoms with Crippen LogP contribution in [0, 0.1) is 11.3 Å². The molecule has 0 radical (unpaired) electrons. The van der Waals surface area contributed by atoms with Crippen molar-refractivity contribution < 1.29 is 14.7 Å². The predicted octanol–water partition coefficient (Wildman–Crippen LogP) is 2.29. The van der Waals surface area contributed by atoms with E-state index in [0.29, 0.717) is 6.42 Å². The molecule has 0 aromatic heterocycles. The van der Waals surface area contributed by atoms with Crippen LogP contribution in [-0.2, 0) is 9.59 Å². The number of hydrogen-bond acceptors (Lipinski definition) is 3. The van der Waals surface area contributed by atoms with E-state index in [9.17, 15) is 14.7 Å². The Balaban J connectivity index is 2.52. The number of carboxylic acid groups (broad SMARTS) is 1. The smallest absolute Gasteiger partial charge is 0.308 e. The first kappa shape index (κ1) is 18.0. The maximum atomic E-state index is 12.1. The number of hydrogen-bond donors (Lipinski definition) is 3. The summed E-state index contributed by atoms with van der Waals surface area (Å²) in [6.07, 6.45) is 5.37. The minimum atomic E-state index is -0.804. The predicted molar refractivity (Wildman–Crippen MR) is 82.8 cm³/mol. The minimum absolute atomic E-state index is 0.0889. The van der Waals surface area contributed by atoms with E-state index in [4.69, 9.17) is 5.73 Å². The number of nitrogens with one attached hydrogen (secondary N) is 1. The first-order valence-electron chi connectivity index (χ1n) is 7.97. The number of nitrogens with two attached hydrogens (primary N) is 1. The lowest BCUT2D eigenvalue weighted by Gasteiger charge is -2.25. The van der Waals surface area contributed by atoms with Gasteiger partial charge in [0.05, 0.1) is 5.92 Å². The van der Waals surface area contributed by atoms with Gasteiger partial charge in [0.1, 0.15) is 0 Å². The number of amides is 1. The van der Waals surface area contributed by atoms with Gasteiger partial charge in [-0.15, -0.1) is 0 Å². The second kappa shape index (κ2) is 7.78. The Labute approximate surface area is 127 Å². The largest absolute Gasteiger partial charge is 0.481 e. The maximum Gasteiger partial charge on any atom is 0.308 e. The van der Waals surface area contributed by atoms with Crippen LogP contribution < -0.4 is 11.1 Å². The summed E-state index contributed by atoms with van der Waals surface area (Å²) < 4.78 is 0. The van der Waals surface area contributed by atoms with Crippen molar-refractivity contribution >= 4 is 11.9 Å². The molecule has 1 aliphatic carbocycles. The Morgan fingerprint density at radius 1 is 1.24 bits per heavy atom. The molecule has 1 rings (SSSR count). The molecule has 1 saturated carbocycles. The Kier molecular flexibility index (Phi) is 6.65. The number of carbonyl (C=O) groups is 2. The molecule has 4 N–H and O–H groups in total. The van der Waals surface area contributed by atoms with Gasteiger partial charge in [-0.1, -0.05) is 40.0 Å². The SMILES string of the molecule is CC(C)(C)CC(N)CC(=O)NC1CCCCCC1C(=O)O. The monoisotopic (exact) mass is 298 g/mol. The highest BCUT2D eigenvalue weighted by molar-refractivity contribution is 5.78. The van der Waals surface area contributed by atoms with Crippen molar-refractivity contribution in [2.45, 2.75) is 77.8 Å². The molecule has 3 atom stereocenters. The van der Waals surface area contributed by atoms with Crippen LogP contribution in [0.2, 0.25) is 0 Å². The van der Waals surface area contributed by atoms with Crippen LogP contribution in [0.25, 0.3) is 0 Å².